The molecule has 0 aliphatic carbocycles. The molecule has 0 spiro atoms. The Balaban J connectivity index is 1.49. The van der Waals surface area contributed by atoms with Gasteiger partial charge in [0, 0.05) is 23.0 Å². The van der Waals surface area contributed by atoms with Crippen LogP contribution in [0.15, 0.2) is 65.2 Å². The van der Waals surface area contributed by atoms with Gasteiger partial charge in [-0.1, -0.05) is 17.3 Å². The van der Waals surface area contributed by atoms with E-state index in [0.717, 1.165) is 17.1 Å². The summed E-state index contributed by atoms with van der Waals surface area (Å²) in [5.41, 5.74) is 4.41. The molecule has 0 bridgehead atoms. The molecule has 0 atom stereocenters. The molecule has 0 saturated carbocycles. The third kappa shape index (κ3) is 3.55. The van der Waals surface area contributed by atoms with Crippen molar-refractivity contribution in [3.63, 3.8) is 0 Å². The number of halogens is 1. The highest BCUT2D eigenvalue weighted by Crippen LogP contribution is 2.21. The number of nitrogens with one attached hydrogen (secondary N) is 1. The van der Waals surface area contributed by atoms with Gasteiger partial charge in [0.1, 0.15) is 11.5 Å². The number of anilines is 1. The Bertz CT molecular complexity index is 1150. The van der Waals surface area contributed by atoms with Crippen LogP contribution in [0.1, 0.15) is 21.9 Å². The van der Waals surface area contributed by atoms with Crippen LogP contribution in [0.25, 0.3) is 16.9 Å². The first-order valence-corrected chi connectivity index (χ1v) is 8.67. The highest BCUT2D eigenvalue weighted by Gasteiger charge is 2.15. The van der Waals surface area contributed by atoms with E-state index in [1.807, 2.05) is 36.7 Å². The Morgan fingerprint density at radius 1 is 1.07 bits per heavy atom. The van der Waals surface area contributed by atoms with Crippen LogP contribution in [0.4, 0.5) is 10.1 Å². The third-order valence-electron chi connectivity index (χ3n) is 4.23. The van der Waals surface area contributed by atoms with Crippen LogP contribution in [-0.4, -0.2) is 20.8 Å². The zero-order valence-electron chi connectivity index (χ0n) is 15.3. The molecule has 0 saturated heterocycles. The molecule has 2 aromatic carbocycles. The lowest BCUT2D eigenvalue weighted by Crippen LogP contribution is -2.11. The van der Waals surface area contributed by atoms with Gasteiger partial charge in [-0.05, 0) is 56.3 Å². The summed E-state index contributed by atoms with van der Waals surface area (Å²) in [5.74, 6) is -0.773. The molecule has 0 fully saturated rings. The molecule has 2 heterocycles. The van der Waals surface area contributed by atoms with Crippen molar-refractivity contribution in [1.29, 1.82) is 0 Å². The highest BCUT2D eigenvalue weighted by molar-refractivity contribution is 6.02. The summed E-state index contributed by atoms with van der Waals surface area (Å²) in [5, 5.41) is 11.0. The second kappa shape index (κ2) is 7.11. The van der Waals surface area contributed by atoms with E-state index in [0.29, 0.717) is 16.9 Å². The Hall–Kier alpha value is -3.74. The van der Waals surface area contributed by atoms with Gasteiger partial charge >= 0.3 is 0 Å². The van der Waals surface area contributed by atoms with Gasteiger partial charge in [0.2, 0.25) is 5.76 Å². The lowest BCUT2D eigenvalue weighted by atomic mass is 10.1. The number of aryl methyl sites for hydroxylation is 2. The van der Waals surface area contributed by atoms with Gasteiger partial charge in [0.05, 0.1) is 11.4 Å². The van der Waals surface area contributed by atoms with Gasteiger partial charge in [-0.3, -0.25) is 4.79 Å². The largest absolute Gasteiger partial charge is 0.350 e. The lowest BCUT2D eigenvalue weighted by Gasteiger charge is -2.06. The molecular formula is C21H17FN4O2. The van der Waals surface area contributed by atoms with E-state index in [9.17, 15) is 9.18 Å². The van der Waals surface area contributed by atoms with Crippen molar-refractivity contribution in [2.75, 3.05) is 5.32 Å². The van der Waals surface area contributed by atoms with E-state index in [4.69, 9.17) is 4.52 Å². The normalized spacial score (nSPS) is 10.8. The fourth-order valence-electron chi connectivity index (χ4n) is 2.94. The summed E-state index contributed by atoms with van der Waals surface area (Å²) in [6.07, 6.45) is 0. The maximum atomic E-state index is 13.3. The topological polar surface area (TPSA) is 73.0 Å². The molecular weight excluding hydrogens is 359 g/mol. The Labute approximate surface area is 160 Å². The average molecular weight is 376 g/mol. The molecule has 140 valence electrons. The maximum absolute atomic E-state index is 13.3. The van der Waals surface area contributed by atoms with Crippen molar-refractivity contribution in [1.82, 2.24) is 14.9 Å². The minimum Gasteiger partial charge on any atom is -0.350 e. The van der Waals surface area contributed by atoms with Crippen molar-refractivity contribution >= 4 is 11.6 Å². The van der Waals surface area contributed by atoms with Crippen molar-refractivity contribution < 1.29 is 13.7 Å². The SMILES string of the molecule is Cc1cc(C)n(-c2ccc(NC(=O)c3cc(-c4cccc(F)c4)no3)cc2)n1. The second-order valence-corrected chi connectivity index (χ2v) is 6.43. The van der Waals surface area contributed by atoms with Gasteiger partial charge < -0.3 is 9.84 Å². The van der Waals surface area contributed by atoms with E-state index >= 15 is 0 Å². The summed E-state index contributed by atoms with van der Waals surface area (Å²) in [6.45, 7) is 3.92. The van der Waals surface area contributed by atoms with Crippen molar-refractivity contribution in [2.24, 2.45) is 0 Å². The maximum Gasteiger partial charge on any atom is 0.294 e. The summed E-state index contributed by atoms with van der Waals surface area (Å²) in [6, 6.07) is 16.7. The van der Waals surface area contributed by atoms with Crippen LogP contribution in [0.3, 0.4) is 0 Å². The number of nitrogens with zero attached hydrogens (tertiary/aromatic N) is 3. The lowest BCUT2D eigenvalue weighted by molar-refractivity contribution is 0.0988. The number of benzene rings is 2. The number of carbonyl (C=O) groups excluding carboxylic acids is 1. The zero-order chi connectivity index (χ0) is 19.7. The Morgan fingerprint density at radius 3 is 2.54 bits per heavy atom. The summed E-state index contributed by atoms with van der Waals surface area (Å²) >= 11 is 0. The van der Waals surface area contributed by atoms with E-state index in [1.54, 1.807) is 24.3 Å². The van der Waals surface area contributed by atoms with Gasteiger partial charge in [0.15, 0.2) is 0 Å². The number of rotatable bonds is 4. The minimum atomic E-state index is -0.436. The number of hydrogen-bond acceptors (Lipinski definition) is 4. The smallest absolute Gasteiger partial charge is 0.294 e. The molecule has 7 heteroatoms. The van der Waals surface area contributed by atoms with Crippen LogP contribution in [0.2, 0.25) is 0 Å². The molecule has 0 aliphatic rings. The van der Waals surface area contributed by atoms with Gasteiger partial charge in [-0.2, -0.15) is 5.10 Å². The zero-order valence-corrected chi connectivity index (χ0v) is 15.3. The predicted octanol–water partition coefficient (Wildman–Crippen LogP) is 4.54. The summed E-state index contributed by atoms with van der Waals surface area (Å²) in [7, 11) is 0. The summed E-state index contributed by atoms with van der Waals surface area (Å²) < 4.78 is 20.3. The quantitative estimate of drug-likeness (QED) is 0.568. The van der Waals surface area contributed by atoms with Crippen molar-refractivity contribution in [3.05, 3.63) is 83.6 Å². The van der Waals surface area contributed by atoms with Crippen LogP contribution in [0.5, 0.6) is 0 Å². The fraction of sp³-hybridized carbons (Fsp3) is 0.0952. The number of amides is 1. The molecule has 6 nitrogen and oxygen atoms in total. The minimum absolute atomic E-state index is 0.0434. The van der Waals surface area contributed by atoms with Crippen LogP contribution in [0, 0.1) is 19.7 Å². The Morgan fingerprint density at radius 2 is 1.86 bits per heavy atom. The monoisotopic (exact) mass is 376 g/mol. The molecule has 1 N–H and O–H groups in total. The molecule has 4 rings (SSSR count). The van der Waals surface area contributed by atoms with Crippen molar-refractivity contribution in [3.8, 4) is 16.9 Å². The molecule has 28 heavy (non-hydrogen) atoms. The first-order chi connectivity index (χ1) is 13.5. The molecule has 1 amide bonds. The second-order valence-electron chi connectivity index (χ2n) is 6.43. The van der Waals surface area contributed by atoms with E-state index in [-0.39, 0.29) is 11.6 Å². The number of aromatic nitrogens is 3. The first-order valence-electron chi connectivity index (χ1n) is 8.67. The van der Waals surface area contributed by atoms with E-state index in [2.05, 4.69) is 15.6 Å². The number of carbonyl (C=O) groups is 1. The molecule has 0 radical (unpaired) electrons. The average Bonchev–Trinajstić information content (AvgIpc) is 3.29. The molecule has 4 aromatic rings. The fourth-order valence-corrected chi connectivity index (χ4v) is 2.94. The highest BCUT2D eigenvalue weighted by atomic mass is 19.1. The van der Waals surface area contributed by atoms with Crippen molar-refractivity contribution in [2.45, 2.75) is 13.8 Å². The first kappa shape index (κ1) is 17.7. The van der Waals surface area contributed by atoms with Gasteiger partial charge in [0.25, 0.3) is 5.91 Å². The standard InChI is InChI=1S/C21H17FN4O2/c1-13-10-14(2)26(24-13)18-8-6-17(7-9-18)23-21(27)20-12-19(25-28-20)15-4-3-5-16(22)11-15/h3-12H,1-2H3,(H,23,27). The third-order valence-corrected chi connectivity index (χ3v) is 4.23. The van der Waals surface area contributed by atoms with E-state index in [1.165, 1.54) is 18.2 Å². The van der Waals surface area contributed by atoms with E-state index < -0.39 is 5.91 Å². The van der Waals surface area contributed by atoms with Gasteiger partial charge in [-0.25, -0.2) is 9.07 Å². The molecule has 2 aromatic heterocycles. The Kier molecular flexibility index (Phi) is 4.49. The molecule has 0 aliphatic heterocycles. The number of hydrogen-bond donors (Lipinski definition) is 1. The van der Waals surface area contributed by atoms with Crippen LogP contribution < -0.4 is 5.32 Å². The molecule has 0 unspecified atom stereocenters. The predicted molar refractivity (Wildman–Crippen MR) is 103 cm³/mol. The van der Waals surface area contributed by atoms with Gasteiger partial charge in [-0.15, -0.1) is 0 Å². The summed E-state index contributed by atoms with van der Waals surface area (Å²) in [4.78, 5) is 12.4. The van der Waals surface area contributed by atoms with Crippen LogP contribution >= 0.6 is 0 Å². The van der Waals surface area contributed by atoms with Crippen LogP contribution in [-0.2, 0) is 0 Å².